The van der Waals surface area contributed by atoms with Crippen molar-refractivity contribution in [2.75, 3.05) is 29.5 Å². The second kappa shape index (κ2) is 7.79. The summed E-state index contributed by atoms with van der Waals surface area (Å²) in [6.45, 7) is 6.26. The lowest BCUT2D eigenvalue weighted by molar-refractivity contribution is 0.0526. The SMILES string of the molecule is C=CCNc1ncnc(Nc2cccc(C(=O)OCC)c2)c1N. The van der Waals surface area contributed by atoms with Crippen LogP contribution >= 0.6 is 0 Å². The van der Waals surface area contributed by atoms with Crippen molar-refractivity contribution < 1.29 is 9.53 Å². The molecule has 0 unspecified atom stereocenters. The molecule has 23 heavy (non-hydrogen) atoms. The fourth-order valence-corrected chi connectivity index (χ4v) is 1.88. The van der Waals surface area contributed by atoms with Crippen LogP contribution in [0.1, 0.15) is 17.3 Å². The molecule has 7 nitrogen and oxygen atoms in total. The number of hydrogen-bond acceptors (Lipinski definition) is 7. The number of carbonyl (C=O) groups excluding carboxylic acids is 1. The van der Waals surface area contributed by atoms with Gasteiger partial charge in [-0.25, -0.2) is 14.8 Å². The Morgan fingerprint density at radius 3 is 2.91 bits per heavy atom. The fraction of sp³-hybridized carbons (Fsp3) is 0.188. The van der Waals surface area contributed by atoms with Gasteiger partial charge in [-0.1, -0.05) is 12.1 Å². The Labute approximate surface area is 134 Å². The first-order chi connectivity index (χ1) is 11.2. The van der Waals surface area contributed by atoms with Gasteiger partial charge in [0.15, 0.2) is 11.6 Å². The van der Waals surface area contributed by atoms with Crippen LogP contribution in [0.3, 0.4) is 0 Å². The third kappa shape index (κ3) is 4.19. The molecule has 2 aromatic rings. The number of benzene rings is 1. The minimum absolute atomic E-state index is 0.327. The highest BCUT2D eigenvalue weighted by atomic mass is 16.5. The molecule has 1 aromatic heterocycles. The Morgan fingerprint density at radius 2 is 2.17 bits per heavy atom. The first-order valence-corrected chi connectivity index (χ1v) is 7.15. The molecule has 4 N–H and O–H groups in total. The van der Waals surface area contributed by atoms with Gasteiger partial charge < -0.3 is 21.1 Å². The van der Waals surface area contributed by atoms with Crippen LogP contribution < -0.4 is 16.4 Å². The van der Waals surface area contributed by atoms with Crippen LogP contribution in [0.5, 0.6) is 0 Å². The van der Waals surface area contributed by atoms with Crippen LogP contribution in [0.2, 0.25) is 0 Å². The molecule has 0 saturated heterocycles. The monoisotopic (exact) mass is 313 g/mol. The number of ether oxygens (including phenoxy) is 1. The normalized spacial score (nSPS) is 9.96. The van der Waals surface area contributed by atoms with Crippen molar-refractivity contribution in [1.29, 1.82) is 0 Å². The molecule has 2 rings (SSSR count). The van der Waals surface area contributed by atoms with Crippen molar-refractivity contribution in [2.24, 2.45) is 0 Å². The summed E-state index contributed by atoms with van der Waals surface area (Å²) in [5, 5.41) is 6.10. The summed E-state index contributed by atoms with van der Waals surface area (Å²) >= 11 is 0. The summed E-state index contributed by atoms with van der Waals surface area (Å²) in [5.74, 6) is 0.594. The zero-order valence-corrected chi connectivity index (χ0v) is 12.9. The molecular formula is C16H19N5O2. The first-order valence-electron chi connectivity index (χ1n) is 7.15. The molecule has 0 aliphatic heterocycles. The van der Waals surface area contributed by atoms with Crippen LogP contribution in [0, 0.1) is 0 Å². The zero-order chi connectivity index (χ0) is 16.7. The number of carbonyl (C=O) groups is 1. The Kier molecular flexibility index (Phi) is 5.51. The maximum Gasteiger partial charge on any atom is 0.338 e. The van der Waals surface area contributed by atoms with Crippen molar-refractivity contribution in [1.82, 2.24) is 9.97 Å². The smallest absolute Gasteiger partial charge is 0.338 e. The second-order valence-corrected chi connectivity index (χ2v) is 4.58. The topological polar surface area (TPSA) is 102 Å². The van der Waals surface area contributed by atoms with Gasteiger partial charge in [0.2, 0.25) is 0 Å². The number of nitrogen functional groups attached to an aromatic ring is 1. The van der Waals surface area contributed by atoms with E-state index < -0.39 is 0 Å². The first kappa shape index (κ1) is 16.3. The van der Waals surface area contributed by atoms with E-state index in [1.165, 1.54) is 6.33 Å². The number of anilines is 4. The highest BCUT2D eigenvalue weighted by Crippen LogP contribution is 2.26. The Hall–Kier alpha value is -3.09. The summed E-state index contributed by atoms with van der Waals surface area (Å²) in [6, 6.07) is 6.92. The number of nitrogens with two attached hydrogens (primary N) is 1. The minimum atomic E-state index is -0.375. The van der Waals surface area contributed by atoms with Gasteiger partial charge in [-0.15, -0.1) is 6.58 Å². The molecule has 7 heteroatoms. The Morgan fingerprint density at radius 1 is 1.39 bits per heavy atom. The molecule has 0 fully saturated rings. The average molecular weight is 313 g/mol. The summed E-state index contributed by atoms with van der Waals surface area (Å²) in [7, 11) is 0. The van der Waals surface area contributed by atoms with Crippen LogP contribution in [0.25, 0.3) is 0 Å². The third-order valence-electron chi connectivity index (χ3n) is 2.93. The summed E-state index contributed by atoms with van der Waals surface area (Å²) in [6.07, 6.45) is 3.11. The van der Waals surface area contributed by atoms with Crippen LogP contribution in [-0.4, -0.2) is 29.1 Å². The second-order valence-electron chi connectivity index (χ2n) is 4.58. The van der Waals surface area contributed by atoms with Gasteiger partial charge >= 0.3 is 5.97 Å². The quantitative estimate of drug-likeness (QED) is 0.533. The number of rotatable bonds is 7. The number of esters is 1. The van der Waals surface area contributed by atoms with E-state index in [1.54, 1.807) is 37.3 Å². The number of nitrogens with one attached hydrogen (secondary N) is 2. The molecular weight excluding hydrogens is 294 g/mol. The van der Waals surface area contributed by atoms with E-state index >= 15 is 0 Å². The molecule has 0 atom stereocenters. The van der Waals surface area contributed by atoms with Gasteiger partial charge in [0.1, 0.15) is 12.0 Å². The average Bonchev–Trinajstić information content (AvgIpc) is 2.56. The Balaban J connectivity index is 2.20. The molecule has 1 aromatic carbocycles. The van der Waals surface area contributed by atoms with Crippen molar-refractivity contribution in [2.45, 2.75) is 6.92 Å². The van der Waals surface area contributed by atoms with Gasteiger partial charge in [-0.2, -0.15) is 0 Å². The van der Waals surface area contributed by atoms with Gasteiger partial charge in [-0.05, 0) is 25.1 Å². The third-order valence-corrected chi connectivity index (χ3v) is 2.93. The van der Waals surface area contributed by atoms with Crippen molar-refractivity contribution in [3.63, 3.8) is 0 Å². The van der Waals surface area contributed by atoms with Gasteiger partial charge in [0.25, 0.3) is 0 Å². The van der Waals surface area contributed by atoms with E-state index in [2.05, 4.69) is 27.2 Å². The van der Waals surface area contributed by atoms with Crippen molar-refractivity contribution >= 4 is 29.0 Å². The van der Waals surface area contributed by atoms with E-state index in [4.69, 9.17) is 10.5 Å². The van der Waals surface area contributed by atoms with Crippen molar-refractivity contribution in [3.05, 3.63) is 48.8 Å². The van der Waals surface area contributed by atoms with Crippen LogP contribution in [0.4, 0.5) is 23.0 Å². The van der Waals surface area contributed by atoms with E-state index in [0.717, 1.165) is 0 Å². The largest absolute Gasteiger partial charge is 0.462 e. The molecule has 0 amide bonds. The molecule has 0 bridgehead atoms. The van der Waals surface area contributed by atoms with E-state index in [0.29, 0.717) is 41.7 Å². The Bertz CT molecular complexity index is 703. The highest BCUT2D eigenvalue weighted by molar-refractivity contribution is 5.91. The van der Waals surface area contributed by atoms with Gasteiger partial charge in [0, 0.05) is 12.2 Å². The van der Waals surface area contributed by atoms with E-state index in [-0.39, 0.29) is 5.97 Å². The van der Waals surface area contributed by atoms with Crippen LogP contribution in [0.15, 0.2) is 43.2 Å². The highest BCUT2D eigenvalue weighted by Gasteiger charge is 2.10. The number of hydrogen-bond donors (Lipinski definition) is 3. The van der Waals surface area contributed by atoms with E-state index in [9.17, 15) is 4.79 Å². The van der Waals surface area contributed by atoms with E-state index in [1.807, 2.05) is 0 Å². The molecule has 0 spiro atoms. The minimum Gasteiger partial charge on any atom is -0.462 e. The lowest BCUT2D eigenvalue weighted by Gasteiger charge is -2.12. The maximum absolute atomic E-state index is 11.8. The standard InChI is InChI=1S/C16H19N5O2/c1-3-8-18-14-13(17)15(20-10-19-14)21-12-7-5-6-11(9-12)16(22)23-4-2/h3,5-7,9-10H,1,4,8,17H2,2H3,(H2,18,19,20,21). The molecule has 0 radical (unpaired) electrons. The molecule has 0 aliphatic rings. The molecule has 1 heterocycles. The van der Waals surface area contributed by atoms with Crippen LogP contribution in [-0.2, 0) is 4.74 Å². The van der Waals surface area contributed by atoms with Gasteiger partial charge in [-0.3, -0.25) is 0 Å². The lowest BCUT2D eigenvalue weighted by Crippen LogP contribution is -2.08. The zero-order valence-electron chi connectivity index (χ0n) is 12.9. The summed E-state index contributed by atoms with van der Waals surface area (Å²) in [4.78, 5) is 20.0. The summed E-state index contributed by atoms with van der Waals surface area (Å²) < 4.78 is 4.98. The molecule has 0 aliphatic carbocycles. The van der Waals surface area contributed by atoms with Gasteiger partial charge in [0.05, 0.1) is 12.2 Å². The number of nitrogens with zero attached hydrogens (tertiary/aromatic N) is 2. The maximum atomic E-state index is 11.8. The lowest BCUT2D eigenvalue weighted by atomic mass is 10.2. The fourth-order valence-electron chi connectivity index (χ4n) is 1.88. The predicted molar refractivity (Wildman–Crippen MR) is 90.8 cm³/mol. The summed E-state index contributed by atoms with van der Waals surface area (Å²) in [5.41, 5.74) is 7.56. The molecule has 120 valence electrons. The van der Waals surface area contributed by atoms with Crippen molar-refractivity contribution in [3.8, 4) is 0 Å². The predicted octanol–water partition coefficient (Wildman–Crippen LogP) is 2.58. The molecule has 0 saturated carbocycles. The number of aromatic nitrogens is 2.